The van der Waals surface area contributed by atoms with Crippen molar-refractivity contribution in [2.45, 2.75) is 63.7 Å². The lowest BCUT2D eigenvalue weighted by atomic mass is 10.0. The molecule has 1 aromatic carbocycles. The van der Waals surface area contributed by atoms with Crippen LogP contribution < -0.4 is 10.6 Å². The van der Waals surface area contributed by atoms with Gasteiger partial charge in [0.1, 0.15) is 11.9 Å². The highest BCUT2D eigenvalue weighted by Gasteiger charge is 2.31. The van der Waals surface area contributed by atoms with Crippen molar-refractivity contribution in [3.05, 3.63) is 47.5 Å². The Balaban J connectivity index is 1.49. The van der Waals surface area contributed by atoms with E-state index in [1.165, 1.54) is 0 Å². The maximum absolute atomic E-state index is 12.8. The topological polar surface area (TPSA) is 71.8 Å². The third kappa shape index (κ3) is 3.74. The lowest BCUT2D eigenvalue weighted by Gasteiger charge is -2.28. The number of hydrogen-bond acceptors (Lipinski definition) is 4. The summed E-state index contributed by atoms with van der Waals surface area (Å²) in [5.74, 6) is 2.04. The van der Waals surface area contributed by atoms with Crippen molar-refractivity contribution in [1.82, 2.24) is 25.4 Å². The SMILES string of the molecule is CCc1nc2n(n1)C[C@@H](N[C@@H](C(=O)NC1CC1)c1ccccc1)CC2. The Morgan fingerprint density at radius 2 is 2.04 bits per heavy atom. The molecule has 25 heavy (non-hydrogen) atoms. The second kappa shape index (κ2) is 6.96. The van der Waals surface area contributed by atoms with E-state index in [1.54, 1.807) is 0 Å². The van der Waals surface area contributed by atoms with Gasteiger partial charge in [-0.2, -0.15) is 5.10 Å². The van der Waals surface area contributed by atoms with Crippen LogP contribution in [0.2, 0.25) is 0 Å². The maximum Gasteiger partial charge on any atom is 0.241 e. The first-order chi connectivity index (χ1) is 12.2. The predicted octanol–water partition coefficient (Wildman–Crippen LogP) is 1.76. The highest BCUT2D eigenvalue weighted by Crippen LogP contribution is 2.23. The Morgan fingerprint density at radius 3 is 2.76 bits per heavy atom. The normalized spacial score (nSPS) is 20.8. The summed E-state index contributed by atoms with van der Waals surface area (Å²) in [4.78, 5) is 17.3. The largest absolute Gasteiger partial charge is 0.352 e. The monoisotopic (exact) mass is 339 g/mol. The molecule has 0 unspecified atom stereocenters. The van der Waals surface area contributed by atoms with E-state index >= 15 is 0 Å². The van der Waals surface area contributed by atoms with Crippen LogP contribution >= 0.6 is 0 Å². The zero-order chi connectivity index (χ0) is 17.2. The number of carbonyl (C=O) groups excluding carboxylic acids is 1. The molecule has 2 N–H and O–H groups in total. The molecule has 6 heteroatoms. The molecule has 2 aromatic rings. The fraction of sp³-hybridized carbons (Fsp3) is 0.526. The van der Waals surface area contributed by atoms with Crippen LogP contribution in [0.3, 0.4) is 0 Å². The quantitative estimate of drug-likeness (QED) is 0.841. The second-order valence-corrected chi connectivity index (χ2v) is 7.01. The molecular formula is C19H25N5O. The third-order valence-electron chi connectivity index (χ3n) is 4.94. The van der Waals surface area contributed by atoms with E-state index in [-0.39, 0.29) is 18.0 Å². The third-order valence-corrected chi connectivity index (χ3v) is 4.94. The summed E-state index contributed by atoms with van der Waals surface area (Å²) in [6, 6.07) is 10.2. The number of benzene rings is 1. The summed E-state index contributed by atoms with van der Waals surface area (Å²) in [6.45, 7) is 2.84. The van der Waals surface area contributed by atoms with Crippen LogP contribution in [0.1, 0.15) is 49.4 Å². The van der Waals surface area contributed by atoms with E-state index in [0.29, 0.717) is 6.04 Å². The van der Waals surface area contributed by atoms with E-state index in [9.17, 15) is 4.79 Å². The molecule has 2 aliphatic rings. The first kappa shape index (κ1) is 16.3. The fourth-order valence-corrected chi connectivity index (χ4v) is 3.36. The molecule has 2 atom stereocenters. The minimum atomic E-state index is -0.317. The van der Waals surface area contributed by atoms with Gasteiger partial charge in [0.25, 0.3) is 0 Å². The smallest absolute Gasteiger partial charge is 0.241 e. The average Bonchev–Trinajstić information content (AvgIpc) is 3.35. The lowest BCUT2D eigenvalue weighted by Crippen LogP contribution is -2.46. The molecule has 1 aliphatic heterocycles. The number of aryl methyl sites for hydroxylation is 2. The van der Waals surface area contributed by atoms with Gasteiger partial charge in [-0.25, -0.2) is 9.67 Å². The summed E-state index contributed by atoms with van der Waals surface area (Å²) in [7, 11) is 0. The van der Waals surface area contributed by atoms with Gasteiger partial charge in [0.05, 0.1) is 6.54 Å². The maximum atomic E-state index is 12.8. The van der Waals surface area contributed by atoms with Crippen molar-refractivity contribution in [3.8, 4) is 0 Å². The number of nitrogens with zero attached hydrogens (tertiary/aromatic N) is 3. The van der Waals surface area contributed by atoms with Crippen molar-refractivity contribution in [3.63, 3.8) is 0 Å². The van der Waals surface area contributed by atoms with E-state index in [2.05, 4.69) is 27.6 Å². The van der Waals surface area contributed by atoms with E-state index in [1.807, 2.05) is 35.0 Å². The number of amides is 1. The van der Waals surface area contributed by atoms with Crippen molar-refractivity contribution in [2.24, 2.45) is 0 Å². The van der Waals surface area contributed by atoms with E-state index < -0.39 is 0 Å². The van der Waals surface area contributed by atoms with Gasteiger partial charge in [0.15, 0.2) is 5.82 Å². The van der Waals surface area contributed by atoms with Gasteiger partial charge < -0.3 is 5.32 Å². The van der Waals surface area contributed by atoms with Crippen LogP contribution in [-0.4, -0.2) is 32.8 Å². The molecule has 1 aliphatic carbocycles. The number of carbonyl (C=O) groups is 1. The van der Waals surface area contributed by atoms with Gasteiger partial charge >= 0.3 is 0 Å². The summed E-state index contributed by atoms with van der Waals surface area (Å²) in [5.41, 5.74) is 1.01. The fourth-order valence-electron chi connectivity index (χ4n) is 3.36. The minimum Gasteiger partial charge on any atom is -0.352 e. The average molecular weight is 339 g/mol. The molecule has 6 nitrogen and oxygen atoms in total. The summed E-state index contributed by atoms with van der Waals surface area (Å²) in [5, 5.41) is 11.3. The van der Waals surface area contributed by atoms with Crippen molar-refractivity contribution in [2.75, 3.05) is 0 Å². The molecule has 0 radical (unpaired) electrons. The number of aromatic nitrogens is 3. The van der Waals surface area contributed by atoms with E-state index in [0.717, 1.165) is 55.9 Å². The Morgan fingerprint density at radius 1 is 1.24 bits per heavy atom. The molecule has 1 saturated carbocycles. The molecule has 2 heterocycles. The van der Waals surface area contributed by atoms with Gasteiger partial charge in [-0.1, -0.05) is 37.3 Å². The zero-order valence-corrected chi connectivity index (χ0v) is 14.6. The van der Waals surface area contributed by atoms with Crippen LogP contribution in [0.15, 0.2) is 30.3 Å². The standard InChI is InChI=1S/C19H25N5O/c1-2-16-22-17-11-10-15(12-24(17)23-16)20-18(13-6-4-3-5-7-13)19(25)21-14-8-9-14/h3-7,14-15,18,20H,2,8-12H2,1H3,(H,21,25)/t15-,18+/m0/s1. The molecule has 0 saturated heterocycles. The molecule has 1 fully saturated rings. The molecule has 1 aromatic heterocycles. The van der Waals surface area contributed by atoms with Crippen LogP contribution in [0.5, 0.6) is 0 Å². The van der Waals surface area contributed by atoms with Crippen LogP contribution in [-0.2, 0) is 24.2 Å². The Labute approximate surface area is 148 Å². The van der Waals surface area contributed by atoms with Crippen molar-refractivity contribution >= 4 is 5.91 Å². The number of rotatable bonds is 6. The molecule has 0 spiro atoms. The van der Waals surface area contributed by atoms with E-state index in [4.69, 9.17) is 0 Å². The minimum absolute atomic E-state index is 0.0762. The summed E-state index contributed by atoms with van der Waals surface area (Å²) < 4.78 is 2.00. The number of hydrogen-bond donors (Lipinski definition) is 2. The highest BCUT2D eigenvalue weighted by atomic mass is 16.2. The predicted molar refractivity (Wildman–Crippen MR) is 95.0 cm³/mol. The summed E-state index contributed by atoms with van der Waals surface area (Å²) in [6.07, 6.45) is 4.92. The van der Waals surface area contributed by atoms with Gasteiger partial charge in [-0.15, -0.1) is 0 Å². The number of nitrogens with one attached hydrogen (secondary N) is 2. The summed E-state index contributed by atoms with van der Waals surface area (Å²) >= 11 is 0. The van der Waals surface area contributed by atoms with Gasteiger partial charge in [0.2, 0.25) is 5.91 Å². The Bertz CT molecular complexity index is 738. The molecule has 0 bridgehead atoms. The first-order valence-corrected chi connectivity index (χ1v) is 9.27. The molecule has 1 amide bonds. The van der Waals surface area contributed by atoms with Crippen molar-refractivity contribution < 1.29 is 4.79 Å². The van der Waals surface area contributed by atoms with Crippen molar-refractivity contribution in [1.29, 1.82) is 0 Å². The molecule has 4 rings (SSSR count). The zero-order valence-electron chi connectivity index (χ0n) is 14.6. The first-order valence-electron chi connectivity index (χ1n) is 9.27. The Kier molecular flexibility index (Phi) is 4.53. The van der Waals surface area contributed by atoms with Crippen LogP contribution in [0.4, 0.5) is 0 Å². The van der Waals surface area contributed by atoms with Gasteiger partial charge in [-0.05, 0) is 24.8 Å². The molecule has 132 valence electrons. The Hall–Kier alpha value is -2.21. The van der Waals surface area contributed by atoms with Crippen LogP contribution in [0, 0.1) is 0 Å². The molecular weight excluding hydrogens is 314 g/mol. The van der Waals surface area contributed by atoms with Gasteiger partial charge in [-0.3, -0.25) is 10.1 Å². The second-order valence-electron chi connectivity index (χ2n) is 7.01. The highest BCUT2D eigenvalue weighted by molar-refractivity contribution is 5.83. The van der Waals surface area contributed by atoms with Crippen LogP contribution in [0.25, 0.3) is 0 Å². The van der Waals surface area contributed by atoms with Gasteiger partial charge in [0, 0.05) is 24.9 Å². The lowest BCUT2D eigenvalue weighted by molar-refractivity contribution is -0.123. The number of fused-ring (bicyclic) bond motifs is 1.